The van der Waals surface area contributed by atoms with Gasteiger partial charge in [-0.25, -0.2) is 32.1 Å². The van der Waals surface area contributed by atoms with Gasteiger partial charge in [0, 0.05) is 38.9 Å². The van der Waals surface area contributed by atoms with E-state index in [0.717, 1.165) is 10.2 Å². The van der Waals surface area contributed by atoms with Crippen molar-refractivity contribution in [1.82, 2.24) is 15.2 Å². The number of halogens is 2. The maximum Gasteiger partial charge on any atom is 0.214 e. The van der Waals surface area contributed by atoms with Crippen LogP contribution in [0.3, 0.4) is 0 Å². The highest BCUT2D eigenvalue weighted by Crippen LogP contribution is 2.20. The third-order valence-corrected chi connectivity index (χ3v) is 7.03. The Hall–Kier alpha value is -0.340. The molecule has 1 aromatic heterocycles. The summed E-state index contributed by atoms with van der Waals surface area (Å²) in [5.41, 5.74) is 1.05. The molecule has 0 unspecified atom stereocenters. The summed E-state index contributed by atoms with van der Waals surface area (Å²) in [6.45, 7) is 2.72. The van der Waals surface area contributed by atoms with Crippen LogP contribution < -0.4 is 15.6 Å². The maximum absolute atomic E-state index is 11.0. The molecule has 0 amide bonds. The van der Waals surface area contributed by atoms with Crippen molar-refractivity contribution in [3.05, 3.63) is 28.5 Å². The van der Waals surface area contributed by atoms with Crippen molar-refractivity contribution in [3.8, 4) is 0 Å². The lowest BCUT2D eigenvalue weighted by Crippen LogP contribution is -2.55. The van der Waals surface area contributed by atoms with Gasteiger partial charge in [0.1, 0.15) is 9.85 Å². The van der Waals surface area contributed by atoms with E-state index in [0.29, 0.717) is 32.7 Å². The largest absolute Gasteiger partial charge is 0.314 e. The van der Waals surface area contributed by atoms with Crippen LogP contribution in [0.1, 0.15) is 5.56 Å². The number of nitrogens with zero attached hydrogens (tertiary/aromatic N) is 2. The Bertz CT molecular complexity index is 782. The third kappa shape index (κ3) is 6.71. The molecule has 0 aliphatic carbocycles. The van der Waals surface area contributed by atoms with Crippen molar-refractivity contribution in [2.45, 2.75) is 17.0 Å². The summed E-state index contributed by atoms with van der Waals surface area (Å²) in [6, 6.07) is 3.82. The van der Waals surface area contributed by atoms with Gasteiger partial charge in [0.2, 0.25) is 20.0 Å². The van der Waals surface area contributed by atoms with Crippen LogP contribution in [0.2, 0.25) is 0 Å². The number of sulfonamides is 2. The van der Waals surface area contributed by atoms with Gasteiger partial charge in [-0.05, 0) is 27.6 Å². The lowest BCUT2D eigenvalue weighted by atomic mass is 10.2. The standard InChI is InChI=1S/C9H12BrN3O2S.C3H8N2O2S.ClH/c10-9-7(2-1-3-12-9)4-13-5-8(6-13)16(11,14)15;4-8(6,7)3-1-5-2-3;/h1-3,8H,4-6H2,(H2,11,14,15);3,5H,1-2H2,(H2,4,6,7);1H. The number of likely N-dealkylation sites (tertiary alicyclic amines) is 1. The summed E-state index contributed by atoms with van der Waals surface area (Å²) in [7, 11) is -6.60. The van der Waals surface area contributed by atoms with E-state index in [2.05, 4.69) is 26.2 Å². The average molecular weight is 479 g/mol. The highest BCUT2D eigenvalue weighted by atomic mass is 79.9. The fourth-order valence-corrected chi connectivity index (χ4v) is 4.05. The van der Waals surface area contributed by atoms with E-state index in [4.69, 9.17) is 10.3 Å². The van der Waals surface area contributed by atoms with Gasteiger partial charge in [-0.1, -0.05) is 6.07 Å². The zero-order chi connectivity index (χ0) is 18.0. The van der Waals surface area contributed by atoms with Gasteiger partial charge in [-0.3, -0.25) is 4.90 Å². The molecule has 2 aliphatic rings. The summed E-state index contributed by atoms with van der Waals surface area (Å²) in [5.74, 6) is 0. The van der Waals surface area contributed by atoms with Gasteiger partial charge in [-0.15, -0.1) is 12.4 Å². The van der Waals surface area contributed by atoms with Crippen LogP contribution in [0, 0.1) is 0 Å². The first kappa shape index (κ1) is 22.7. The maximum atomic E-state index is 11.0. The summed E-state index contributed by atoms with van der Waals surface area (Å²) in [5, 5.41) is 11.9. The van der Waals surface area contributed by atoms with E-state index in [1.807, 2.05) is 17.0 Å². The Morgan fingerprint density at radius 3 is 2.08 bits per heavy atom. The smallest absolute Gasteiger partial charge is 0.214 e. The first-order valence-corrected chi connectivity index (χ1v) is 11.1. The highest BCUT2D eigenvalue weighted by molar-refractivity contribution is 9.10. The number of rotatable bonds is 4. The Morgan fingerprint density at radius 2 is 1.72 bits per heavy atom. The molecule has 0 radical (unpaired) electrons. The normalized spacial score (nSPS) is 19.0. The number of nitrogens with two attached hydrogens (primary N) is 2. The molecule has 0 saturated carbocycles. The summed E-state index contributed by atoms with van der Waals surface area (Å²) in [6.07, 6.45) is 1.71. The number of primary sulfonamides is 2. The average Bonchev–Trinajstić information content (AvgIpc) is 2.30. The van der Waals surface area contributed by atoms with Crippen molar-refractivity contribution in [2.24, 2.45) is 10.3 Å². The van der Waals surface area contributed by atoms with Crippen LogP contribution in [-0.4, -0.2) is 63.4 Å². The Kier molecular flexibility index (Phi) is 8.21. The lowest BCUT2D eigenvalue weighted by molar-refractivity contribution is 0.175. The molecule has 0 atom stereocenters. The highest BCUT2D eigenvalue weighted by Gasteiger charge is 2.35. The lowest BCUT2D eigenvalue weighted by Gasteiger charge is -2.37. The molecule has 3 rings (SSSR count). The van der Waals surface area contributed by atoms with Crippen LogP contribution in [0.5, 0.6) is 0 Å². The fraction of sp³-hybridized carbons (Fsp3) is 0.583. The predicted octanol–water partition coefficient (Wildman–Crippen LogP) is -1.01. The van der Waals surface area contributed by atoms with Gasteiger partial charge >= 0.3 is 0 Å². The van der Waals surface area contributed by atoms with Crippen LogP contribution in [0.25, 0.3) is 0 Å². The molecule has 0 spiro atoms. The number of hydrogen-bond acceptors (Lipinski definition) is 7. The van der Waals surface area contributed by atoms with E-state index in [1.165, 1.54) is 0 Å². The van der Waals surface area contributed by atoms with Crippen LogP contribution in [0.4, 0.5) is 0 Å². The van der Waals surface area contributed by atoms with Crippen LogP contribution in [0.15, 0.2) is 22.9 Å². The monoisotopic (exact) mass is 477 g/mol. The first-order valence-electron chi connectivity index (χ1n) is 7.13. The summed E-state index contributed by atoms with van der Waals surface area (Å²) >= 11 is 3.35. The second-order valence-electron chi connectivity index (χ2n) is 5.73. The third-order valence-electron chi connectivity index (χ3n) is 3.83. The van der Waals surface area contributed by atoms with Crippen molar-refractivity contribution in [2.75, 3.05) is 26.2 Å². The zero-order valence-corrected chi connectivity index (χ0v) is 17.2. The number of pyridine rings is 1. The summed E-state index contributed by atoms with van der Waals surface area (Å²) in [4.78, 5) is 6.13. The minimum Gasteiger partial charge on any atom is -0.314 e. The molecule has 5 N–H and O–H groups in total. The second kappa shape index (κ2) is 9.04. The Balaban J connectivity index is 0.000000295. The molecule has 144 valence electrons. The quantitative estimate of drug-likeness (QED) is 0.469. The minimum atomic E-state index is -3.37. The van der Waals surface area contributed by atoms with Gasteiger partial charge < -0.3 is 5.32 Å². The molecule has 2 fully saturated rings. The Morgan fingerprint density at radius 1 is 1.16 bits per heavy atom. The number of nitrogens with one attached hydrogen (secondary N) is 1. The van der Waals surface area contributed by atoms with E-state index in [1.54, 1.807) is 6.20 Å². The molecule has 25 heavy (non-hydrogen) atoms. The molecule has 1 aromatic rings. The fourth-order valence-electron chi connectivity index (χ4n) is 2.13. The van der Waals surface area contributed by atoms with Crippen molar-refractivity contribution in [1.29, 1.82) is 0 Å². The summed E-state index contributed by atoms with van der Waals surface area (Å²) < 4.78 is 43.5. The zero-order valence-electron chi connectivity index (χ0n) is 13.2. The number of aromatic nitrogens is 1. The van der Waals surface area contributed by atoms with Gasteiger partial charge in [0.05, 0.1) is 5.25 Å². The minimum absolute atomic E-state index is 0. The SMILES string of the molecule is Cl.NS(=O)(=O)C1CN(Cc2cccnc2Br)C1.NS(=O)(=O)C1CNC1. The molecule has 3 heterocycles. The molecular weight excluding hydrogens is 458 g/mol. The van der Waals surface area contributed by atoms with Gasteiger partial charge in [0.25, 0.3) is 0 Å². The molecule has 9 nitrogen and oxygen atoms in total. The van der Waals surface area contributed by atoms with E-state index >= 15 is 0 Å². The second-order valence-corrected chi connectivity index (χ2v) is 10.2. The van der Waals surface area contributed by atoms with E-state index < -0.39 is 25.3 Å². The molecule has 13 heteroatoms. The molecule has 0 bridgehead atoms. The first-order chi connectivity index (χ1) is 11.1. The van der Waals surface area contributed by atoms with Crippen molar-refractivity contribution < 1.29 is 16.8 Å². The van der Waals surface area contributed by atoms with E-state index in [-0.39, 0.29) is 17.7 Å². The van der Waals surface area contributed by atoms with Crippen LogP contribution >= 0.6 is 28.3 Å². The predicted molar refractivity (Wildman–Crippen MR) is 101 cm³/mol. The van der Waals surface area contributed by atoms with Crippen LogP contribution in [-0.2, 0) is 26.6 Å². The molecule has 2 aliphatic heterocycles. The topological polar surface area (TPSA) is 148 Å². The molecule has 0 aromatic carbocycles. The van der Waals surface area contributed by atoms with Gasteiger partial charge in [0.15, 0.2) is 0 Å². The van der Waals surface area contributed by atoms with Crippen molar-refractivity contribution in [3.63, 3.8) is 0 Å². The molecule has 2 saturated heterocycles. The number of hydrogen-bond donors (Lipinski definition) is 3. The van der Waals surface area contributed by atoms with Gasteiger partial charge in [-0.2, -0.15) is 0 Å². The van der Waals surface area contributed by atoms with E-state index in [9.17, 15) is 16.8 Å². The molecular formula is C12H21BrClN5O4S2. The Labute approximate surface area is 162 Å². The van der Waals surface area contributed by atoms with Crippen molar-refractivity contribution >= 4 is 48.4 Å².